The van der Waals surface area contributed by atoms with Crippen molar-refractivity contribution in [2.24, 2.45) is 0 Å². The van der Waals surface area contributed by atoms with E-state index in [0.717, 1.165) is 0 Å². The van der Waals surface area contributed by atoms with Crippen molar-refractivity contribution < 1.29 is 49.5 Å². The fraction of sp³-hybridized carbons (Fsp3) is 0.500. The molecule has 12 heavy (non-hydrogen) atoms. The fourth-order valence-corrected chi connectivity index (χ4v) is 0.270. The van der Waals surface area contributed by atoms with Crippen molar-refractivity contribution >= 4 is 29.3 Å². The molecule has 0 aliphatic rings. The van der Waals surface area contributed by atoms with Crippen LogP contribution in [-0.4, -0.2) is 61.9 Å². The first kappa shape index (κ1) is 17.9. The Kier molecular flexibility index (Phi) is 11.4. The third-order valence-electron chi connectivity index (χ3n) is 0.805. The Balaban J connectivity index is -0.000000405. The molecular weight excluding hydrogens is 236 g/mol. The van der Waals surface area contributed by atoms with Crippen molar-refractivity contribution in [2.75, 3.05) is 0 Å². The van der Waals surface area contributed by atoms with Gasteiger partial charge in [-0.15, -0.1) is 0 Å². The van der Waals surface area contributed by atoms with Gasteiger partial charge in [0.2, 0.25) is 0 Å². The summed E-state index contributed by atoms with van der Waals surface area (Å²) >= 11 is 0. The molecule has 0 aliphatic carbocycles. The molecule has 0 saturated carbocycles. The third-order valence-corrected chi connectivity index (χ3v) is 0.805. The van der Waals surface area contributed by atoms with Gasteiger partial charge in [0.25, 0.3) is 0 Å². The first-order chi connectivity index (χ1) is 4.46. The van der Waals surface area contributed by atoms with E-state index in [4.69, 9.17) is 20.4 Å². The predicted molar refractivity (Wildman–Crippen MR) is 33.0 cm³/mol. The summed E-state index contributed by atoms with van der Waals surface area (Å²) in [6.07, 6.45) is -4.53. The summed E-state index contributed by atoms with van der Waals surface area (Å²) in [6.45, 7) is 0. The second-order valence-corrected chi connectivity index (χ2v) is 1.57. The summed E-state index contributed by atoms with van der Waals surface area (Å²) in [5, 5.41) is 32.5. The summed E-state index contributed by atoms with van der Waals surface area (Å²) in [4.78, 5) is 19.5. The van der Waals surface area contributed by atoms with Crippen LogP contribution in [0.5, 0.6) is 0 Å². The Morgan fingerprint density at radius 1 is 0.917 bits per heavy atom. The van der Waals surface area contributed by atoms with E-state index in [1.807, 2.05) is 0 Å². The molecule has 0 aromatic carbocycles. The molecule has 0 bridgehead atoms. The van der Waals surface area contributed by atoms with Crippen LogP contribution in [-0.2, 0) is 29.1 Å². The van der Waals surface area contributed by atoms with Crippen LogP contribution in [0.1, 0.15) is 0 Å². The molecule has 0 rings (SSSR count). The van der Waals surface area contributed by atoms with Crippen LogP contribution >= 0.6 is 0 Å². The van der Waals surface area contributed by atoms with Crippen LogP contribution < -0.4 is 0 Å². The molecule has 0 aliphatic heterocycles. The molecule has 0 aromatic heterocycles. The molecular formula is C4H6AlO6Zn+5. The summed E-state index contributed by atoms with van der Waals surface area (Å²) < 4.78 is 0. The van der Waals surface area contributed by atoms with E-state index in [1.165, 1.54) is 0 Å². The maximum atomic E-state index is 9.77. The van der Waals surface area contributed by atoms with Gasteiger partial charge < -0.3 is 20.4 Å². The van der Waals surface area contributed by atoms with Gasteiger partial charge in [-0.05, 0) is 0 Å². The second kappa shape index (κ2) is 7.65. The molecule has 2 atom stereocenters. The van der Waals surface area contributed by atoms with Crippen molar-refractivity contribution in [3.05, 3.63) is 0 Å². The number of carbonyl (C=O) groups is 2. The zero-order valence-electron chi connectivity index (χ0n) is 6.04. The van der Waals surface area contributed by atoms with Gasteiger partial charge in [-0.3, -0.25) is 0 Å². The van der Waals surface area contributed by atoms with Crippen LogP contribution in [0.2, 0.25) is 0 Å². The van der Waals surface area contributed by atoms with E-state index < -0.39 is 24.1 Å². The van der Waals surface area contributed by atoms with E-state index in [1.54, 1.807) is 0 Å². The zero-order chi connectivity index (χ0) is 8.31. The van der Waals surface area contributed by atoms with Gasteiger partial charge in [0.1, 0.15) is 0 Å². The Morgan fingerprint density at radius 3 is 1.17 bits per heavy atom. The van der Waals surface area contributed by atoms with E-state index in [9.17, 15) is 9.59 Å². The normalized spacial score (nSPS) is 13.2. The number of hydrogen-bond acceptors (Lipinski definition) is 4. The minimum absolute atomic E-state index is 0. The SMILES string of the molecule is O=C(O)C(O)C(O)C(=O)O.[Al+3].[Zn+2]. The molecule has 0 heterocycles. The predicted octanol–water partition coefficient (Wildman–Crippen LogP) is -2.51. The molecule has 0 aromatic rings. The average Bonchev–Trinajstić information content (AvgIpc) is 1.84. The van der Waals surface area contributed by atoms with Gasteiger partial charge in [-0.25, -0.2) is 9.59 Å². The zero-order valence-corrected chi connectivity index (χ0v) is 10.2. The Labute approximate surface area is 91.1 Å². The second-order valence-electron chi connectivity index (χ2n) is 1.57. The number of aliphatic hydroxyl groups is 2. The van der Waals surface area contributed by atoms with Crippen molar-refractivity contribution in [3.63, 3.8) is 0 Å². The first-order valence-electron chi connectivity index (χ1n) is 2.28. The van der Waals surface area contributed by atoms with Gasteiger partial charge in [0.05, 0.1) is 0 Å². The molecule has 0 radical (unpaired) electrons. The topological polar surface area (TPSA) is 115 Å². The van der Waals surface area contributed by atoms with Crippen molar-refractivity contribution in [3.8, 4) is 0 Å². The van der Waals surface area contributed by atoms with E-state index in [-0.39, 0.29) is 36.8 Å². The number of aliphatic hydroxyl groups excluding tert-OH is 2. The standard InChI is InChI=1S/C4H6O6.Al.Zn/c5-1(3(7)8)2(6)4(9)10;;/h1-2,5-6H,(H,7,8)(H,9,10);;/q;+3;+2. The van der Waals surface area contributed by atoms with Gasteiger partial charge in [-0.2, -0.15) is 0 Å². The maximum Gasteiger partial charge on any atom is 3.00 e. The third kappa shape index (κ3) is 5.64. The molecule has 4 N–H and O–H groups in total. The van der Waals surface area contributed by atoms with Crippen molar-refractivity contribution in [2.45, 2.75) is 12.2 Å². The maximum absolute atomic E-state index is 9.77. The van der Waals surface area contributed by atoms with Gasteiger partial charge in [0, 0.05) is 0 Å². The van der Waals surface area contributed by atoms with Crippen LogP contribution in [0.15, 0.2) is 0 Å². The van der Waals surface area contributed by atoms with Crippen molar-refractivity contribution in [1.29, 1.82) is 0 Å². The molecule has 0 amide bonds. The number of rotatable bonds is 3. The molecule has 0 spiro atoms. The molecule has 0 saturated heterocycles. The minimum atomic E-state index is -2.27. The monoisotopic (exact) mass is 241 g/mol. The van der Waals surface area contributed by atoms with Crippen LogP contribution in [0.4, 0.5) is 0 Å². The van der Waals surface area contributed by atoms with Crippen molar-refractivity contribution in [1.82, 2.24) is 0 Å². The number of carboxylic acids is 2. The molecule has 6 nitrogen and oxygen atoms in total. The Morgan fingerprint density at radius 2 is 1.08 bits per heavy atom. The summed E-state index contributed by atoms with van der Waals surface area (Å²) in [5.41, 5.74) is 0. The fourth-order valence-electron chi connectivity index (χ4n) is 0.270. The Bertz CT molecular complexity index is 144. The summed E-state index contributed by atoms with van der Waals surface area (Å²) in [6, 6.07) is 0. The number of carboxylic acid groups (broad SMARTS) is 2. The molecule has 8 heteroatoms. The quantitative estimate of drug-likeness (QED) is 0.407. The summed E-state index contributed by atoms with van der Waals surface area (Å²) in [5.74, 6) is -3.54. The van der Waals surface area contributed by atoms with E-state index in [2.05, 4.69) is 0 Å². The number of hydrogen-bond donors (Lipinski definition) is 4. The van der Waals surface area contributed by atoms with Crippen LogP contribution in [0.3, 0.4) is 0 Å². The van der Waals surface area contributed by atoms with E-state index >= 15 is 0 Å². The van der Waals surface area contributed by atoms with Crippen LogP contribution in [0, 0.1) is 0 Å². The molecule has 0 fully saturated rings. The molecule has 2 unspecified atom stereocenters. The van der Waals surface area contributed by atoms with E-state index in [0.29, 0.717) is 0 Å². The Hall–Kier alpha value is 0.0158. The van der Waals surface area contributed by atoms with Gasteiger partial charge in [-0.1, -0.05) is 0 Å². The summed E-state index contributed by atoms with van der Waals surface area (Å²) in [7, 11) is 0. The largest absolute Gasteiger partial charge is 3.00 e. The van der Waals surface area contributed by atoms with Crippen LogP contribution in [0.25, 0.3) is 0 Å². The smallest absolute Gasteiger partial charge is 0.479 e. The minimum Gasteiger partial charge on any atom is -0.479 e. The average molecular weight is 242 g/mol. The first-order valence-corrected chi connectivity index (χ1v) is 2.28. The number of aliphatic carboxylic acids is 2. The molecule has 58 valence electrons. The van der Waals surface area contributed by atoms with Gasteiger partial charge in [0.15, 0.2) is 12.2 Å². The van der Waals surface area contributed by atoms with Gasteiger partial charge >= 0.3 is 48.8 Å².